The predicted molar refractivity (Wildman–Crippen MR) is 111 cm³/mol. The van der Waals surface area contributed by atoms with Crippen molar-refractivity contribution >= 4 is 37.3 Å². The number of aromatic hydroxyl groups is 1. The van der Waals surface area contributed by atoms with E-state index in [1.165, 1.54) is 24.3 Å². The van der Waals surface area contributed by atoms with E-state index in [9.17, 15) is 21.9 Å². The Hall–Kier alpha value is -1.81. The fourth-order valence-electron chi connectivity index (χ4n) is 2.45. The van der Waals surface area contributed by atoms with Gasteiger partial charge in [-0.05, 0) is 57.0 Å². The Morgan fingerprint density at radius 1 is 1.04 bits per heavy atom. The van der Waals surface area contributed by atoms with Gasteiger partial charge in [0, 0.05) is 10.6 Å². The molecule has 7 nitrogen and oxygen atoms in total. The predicted octanol–water partition coefficient (Wildman–Crippen LogP) is 3.11. The third-order valence-corrected chi connectivity index (χ3v) is 6.89. The van der Waals surface area contributed by atoms with E-state index in [1.54, 1.807) is 39.0 Å². The van der Waals surface area contributed by atoms with Gasteiger partial charge in [-0.1, -0.05) is 29.8 Å². The topological polar surface area (TPSA) is 113 Å². The number of hydrogen-bond acceptors (Lipinski definition) is 5. The average Bonchev–Trinajstić information content (AvgIpc) is 2.51. The van der Waals surface area contributed by atoms with Crippen LogP contribution in [0.25, 0.3) is 0 Å². The third kappa shape index (κ3) is 6.37. The van der Waals surface area contributed by atoms with Crippen LogP contribution >= 0.6 is 11.6 Å². The van der Waals surface area contributed by atoms with E-state index in [-0.39, 0.29) is 28.5 Å². The molecule has 0 aliphatic carbocycles. The Kier molecular flexibility index (Phi) is 6.65. The quantitative estimate of drug-likeness (QED) is 0.604. The molecular formula is C18H23ClN2O5S2. The van der Waals surface area contributed by atoms with Crippen LogP contribution in [0, 0.1) is 0 Å². The first-order chi connectivity index (χ1) is 12.8. The Labute approximate surface area is 170 Å². The van der Waals surface area contributed by atoms with E-state index in [0.29, 0.717) is 10.6 Å². The van der Waals surface area contributed by atoms with E-state index in [2.05, 4.69) is 9.44 Å². The summed E-state index contributed by atoms with van der Waals surface area (Å²) in [5.74, 6) is -0.441. The number of para-hydroxylation sites is 1. The fourth-order valence-corrected chi connectivity index (χ4v) is 5.37. The van der Waals surface area contributed by atoms with Crippen LogP contribution in [0.2, 0.25) is 5.02 Å². The van der Waals surface area contributed by atoms with Crippen LogP contribution in [0.4, 0.5) is 5.69 Å². The number of halogens is 1. The summed E-state index contributed by atoms with van der Waals surface area (Å²) in [6.45, 7) is 5.07. The van der Waals surface area contributed by atoms with E-state index >= 15 is 0 Å². The summed E-state index contributed by atoms with van der Waals surface area (Å²) in [7, 11) is -7.80. The lowest BCUT2D eigenvalue weighted by Gasteiger charge is -2.21. The summed E-state index contributed by atoms with van der Waals surface area (Å²) < 4.78 is 55.0. The first kappa shape index (κ1) is 22.5. The zero-order chi connectivity index (χ0) is 21.2. The van der Waals surface area contributed by atoms with E-state index in [4.69, 9.17) is 11.6 Å². The molecule has 0 amide bonds. The standard InChI is InChI=1S/C18H23ClN2O5S2/c1-18(2,3)21-28(25,26)17-7-5-4-6-15(17)20-27(23,24)11-10-13-8-9-14(19)12-16(13)22/h4-9,12,20-22H,10-11H2,1-3H3. The van der Waals surface area contributed by atoms with Gasteiger partial charge < -0.3 is 5.11 Å². The molecule has 0 atom stereocenters. The van der Waals surface area contributed by atoms with E-state index in [1.807, 2.05) is 0 Å². The molecule has 154 valence electrons. The first-order valence-corrected chi connectivity index (χ1v) is 11.9. The van der Waals surface area contributed by atoms with Crippen LogP contribution in [0.1, 0.15) is 26.3 Å². The van der Waals surface area contributed by atoms with Gasteiger partial charge in [0.25, 0.3) is 0 Å². The van der Waals surface area contributed by atoms with Gasteiger partial charge in [0.15, 0.2) is 0 Å². The number of sulfonamides is 2. The number of phenols is 1. The van der Waals surface area contributed by atoms with Crippen molar-refractivity contribution in [3.63, 3.8) is 0 Å². The highest BCUT2D eigenvalue weighted by Crippen LogP contribution is 2.25. The van der Waals surface area contributed by atoms with Crippen LogP contribution in [0.15, 0.2) is 47.4 Å². The van der Waals surface area contributed by atoms with Crippen LogP contribution in [-0.2, 0) is 26.5 Å². The summed E-state index contributed by atoms with van der Waals surface area (Å²) in [5, 5.41) is 10.2. The minimum absolute atomic E-state index is 0.0352. The highest BCUT2D eigenvalue weighted by molar-refractivity contribution is 7.93. The summed E-state index contributed by atoms with van der Waals surface area (Å²) in [6.07, 6.45) is 0.0352. The summed E-state index contributed by atoms with van der Waals surface area (Å²) >= 11 is 5.77. The maximum absolute atomic E-state index is 12.6. The smallest absolute Gasteiger partial charge is 0.243 e. The Morgan fingerprint density at radius 2 is 1.68 bits per heavy atom. The van der Waals surface area contributed by atoms with Gasteiger partial charge >= 0.3 is 0 Å². The second-order valence-electron chi connectivity index (χ2n) is 7.30. The maximum Gasteiger partial charge on any atom is 0.243 e. The average molecular weight is 447 g/mol. The molecule has 0 aliphatic rings. The second-order valence-corrected chi connectivity index (χ2v) is 11.2. The molecule has 28 heavy (non-hydrogen) atoms. The van der Waals surface area contributed by atoms with Crippen molar-refractivity contribution in [2.45, 2.75) is 37.6 Å². The molecule has 0 radical (unpaired) electrons. The molecule has 2 aromatic rings. The zero-order valence-corrected chi connectivity index (χ0v) is 18.1. The SMILES string of the molecule is CC(C)(C)NS(=O)(=O)c1ccccc1NS(=O)(=O)CCc1ccc(Cl)cc1O. The summed E-state index contributed by atoms with van der Waals surface area (Å²) in [6, 6.07) is 10.2. The third-order valence-electron chi connectivity index (χ3n) is 3.57. The Balaban J connectivity index is 2.23. The minimum atomic E-state index is -3.93. The highest BCUT2D eigenvalue weighted by atomic mass is 35.5. The van der Waals surface area contributed by atoms with Crippen molar-refractivity contribution in [2.24, 2.45) is 0 Å². The highest BCUT2D eigenvalue weighted by Gasteiger charge is 2.26. The van der Waals surface area contributed by atoms with Gasteiger partial charge in [-0.25, -0.2) is 21.6 Å². The molecular weight excluding hydrogens is 424 g/mol. The van der Waals surface area contributed by atoms with Crippen molar-refractivity contribution < 1.29 is 21.9 Å². The Morgan fingerprint density at radius 3 is 2.29 bits per heavy atom. The number of anilines is 1. The van der Waals surface area contributed by atoms with Crippen LogP contribution < -0.4 is 9.44 Å². The zero-order valence-electron chi connectivity index (χ0n) is 15.7. The van der Waals surface area contributed by atoms with Crippen molar-refractivity contribution in [3.8, 4) is 5.75 Å². The lowest BCUT2D eigenvalue weighted by Crippen LogP contribution is -2.40. The number of rotatable bonds is 7. The number of nitrogens with one attached hydrogen (secondary N) is 2. The monoisotopic (exact) mass is 446 g/mol. The van der Waals surface area contributed by atoms with Gasteiger partial charge in [-0.3, -0.25) is 4.72 Å². The second kappa shape index (κ2) is 8.28. The Bertz CT molecular complexity index is 1060. The van der Waals surface area contributed by atoms with E-state index in [0.717, 1.165) is 0 Å². The normalized spacial score (nSPS) is 12.7. The maximum atomic E-state index is 12.6. The summed E-state index contributed by atoms with van der Waals surface area (Å²) in [4.78, 5) is -0.164. The van der Waals surface area contributed by atoms with Gasteiger partial charge in [0.1, 0.15) is 10.6 Å². The largest absolute Gasteiger partial charge is 0.508 e. The van der Waals surface area contributed by atoms with Gasteiger partial charge in [-0.15, -0.1) is 0 Å². The molecule has 0 fully saturated rings. The molecule has 0 aromatic heterocycles. The molecule has 10 heteroatoms. The van der Waals surface area contributed by atoms with Crippen LogP contribution in [-0.4, -0.2) is 33.2 Å². The molecule has 0 heterocycles. The minimum Gasteiger partial charge on any atom is -0.508 e. The van der Waals surface area contributed by atoms with Crippen LogP contribution in [0.3, 0.4) is 0 Å². The van der Waals surface area contributed by atoms with Gasteiger partial charge in [0.05, 0.1) is 11.4 Å². The van der Waals surface area contributed by atoms with Gasteiger partial charge in [-0.2, -0.15) is 0 Å². The molecule has 2 aromatic carbocycles. The molecule has 0 saturated carbocycles. The molecule has 3 N–H and O–H groups in total. The fraction of sp³-hybridized carbons (Fsp3) is 0.333. The molecule has 0 unspecified atom stereocenters. The first-order valence-electron chi connectivity index (χ1n) is 8.40. The van der Waals surface area contributed by atoms with Crippen molar-refractivity contribution in [3.05, 3.63) is 53.1 Å². The molecule has 2 rings (SSSR count). The van der Waals surface area contributed by atoms with Crippen molar-refractivity contribution in [1.29, 1.82) is 0 Å². The lowest BCUT2D eigenvalue weighted by atomic mass is 10.1. The van der Waals surface area contributed by atoms with Crippen molar-refractivity contribution in [2.75, 3.05) is 10.5 Å². The van der Waals surface area contributed by atoms with Crippen LogP contribution in [0.5, 0.6) is 5.75 Å². The number of benzene rings is 2. The van der Waals surface area contributed by atoms with Crippen molar-refractivity contribution in [1.82, 2.24) is 4.72 Å². The number of hydrogen-bond donors (Lipinski definition) is 3. The van der Waals surface area contributed by atoms with E-state index < -0.39 is 25.6 Å². The summed E-state index contributed by atoms with van der Waals surface area (Å²) in [5.41, 5.74) is -0.346. The number of aryl methyl sites for hydroxylation is 1. The van der Waals surface area contributed by atoms with Gasteiger partial charge in [0.2, 0.25) is 20.0 Å². The molecule has 0 saturated heterocycles. The lowest BCUT2D eigenvalue weighted by molar-refractivity contribution is 0.469. The molecule has 0 bridgehead atoms. The molecule has 0 aliphatic heterocycles. The number of phenolic OH excluding ortho intramolecular Hbond substituents is 1. The molecule has 0 spiro atoms.